The molecule has 0 radical (unpaired) electrons. The van der Waals surface area contributed by atoms with E-state index in [2.05, 4.69) is 10.6 Å². The second-order valence-corrected chi connectivity index (χ2v) is 4.47. The molecule has 1 amide bonds. The maximum absolute atomic E-state index is 12.0. The predicted octanol–water partition coefficient (Wildman–Crippen LogP) is 1.30. The van der Waals surface area contributed by atoms with Crippen LogP contribution in [0, 0.1) is 11.8 Å². The first-order valence-electron chi connectivity index (χ1n) is 5.37. The third kappa shape index (κ3) is 4.00. The first-order valence-corrected chi connectivity index (χ1v) is 5.37. The fourth-order valence-electron chi connectivity index (χ4n) is 1.91. The van der Waals surface area contributed by atoms with E-state index < -0.39 is 18.6 Å². The number of rotatable bonds is 3. The Kier molecular flexibility index (Phi) is 4.18. The summed E-state index contributed by atoms with van der Waals surface area (Å²) in [6.07, 6.45) is -5.21. The normalized spacial score (nSPS) is 27.8. The van der Waals surface area contributed by atoms with Crippen LogP contribution in [0.15, 0.2) is 0 Å². The molecule has 1 rings (SSSR count). The fourth-order valence-corrected chi connectivity index (χ4v) is 1.91. The van der Waals surface area contributed by atoms with Crippen LogP contribution in [0.3, 0.4) is 0 Å². The minimum atomic E-state index is -4.23. The Balaban J connectivity index is 2.39. The van der Waals surface area contributed by atoms with Crippen LogP contribution in [0.25, 0.3) is 0 Å². The number of carbonyl (C=O) groups excluding carboxylic acids is 1. The number of amides is 1. The lowest BCUT2D eigenvalue weighted by Gasteiger charge is -2.19. The molecule has 0 aliphatic carbocycles. The minimum Gasteiger partial charge on any atom is -0.353 e. The van der Waals surface area contributed by atoms with Gasteiger partial charge in [0, 0.05) is 12.6 Å². The van der Waals surface area contributed by atoms with Gasteiger partial charge in [0.15, 0.2) is 0 Å². The van der Waals surface area contributed by atoms with Gasteiger partial charge in [-0.3, -0.25) is 4.79 Å². The number of nitrogens with one attached hydrogen (secondary N) is 2. The largest absolute Gasteiger partial charge is 0.391 e. The van der Waals surface area contributed by atoms with E-state index in [-0.39, 0.29) is 17.7 Å². The van der Waals surface area contributed by atoms with E-state index in [4.69, 9.17) is 0 Å². The topological polar surface area (TPSA) is 41.1 Å². The van der Waals surface area contributed by atoms with E-state index in [0.717, 1.165) is 6.54 Å². The van der Waals surface area contributed by atoms with Crippen molar-refractivity contribution in [3.8, 4) is 0 Å². The molecule has 0 aromatic rings. The van der Waals surface area contributed by atoms with Gasteiger partial charge in [-0.15, -0.1) is 0 Å². The Hall–Kier alpha value is -0.780. The van der Waals surface area contributed by atoms with Crippen molar-refractivity contribution >= 4 is 5.91 Å². The molecular weight excluding hydrogens is 221 g/mol. The lowest BCUT2D eigenvalue weighted by Crippen LogP contribution is -2.41. The highest BCUT2D eigenvalue weighted by Gasteiger charge is 2.34. The van der Waals surface area contributed by atoms with Crippen LogP contribution in [0.1, 0.15) is 20.3 Å². The standard InChI is InChI=1S/C10H17F3N2O/c1-6-4-14-5-8(6)9(16)15-7(2)3-10(11,12)13/h6-8,14H,3-5H2,1-2H3,(H,15,16)/t6-,7?,8-/m1/s1. The molecule has 0 aromatic carbocycles. The van der Waals surface area contributed by atoms with E-state index >= 15 is 0 Å². The zero-order chi connectivity index (χ0) is 12.3. The Bertz CT molecular complexity index is 255. The molecule has 3 atom stereocenters. The van der Waals surface area contributed by atoms with Crippen molar-refractivity contribution in [2.45, 2.75) is 32.5 Å². The van der Waals surface area contributed by atoms with Crippen molar-refractivity contribution in [2.24, 2.45) is 11.8 Å². The summed E-state index contributed by atoms with van der Waals surface area (Å²) in [7, 11) is 0. The molecule has 2 N–H and O–H groups in total. The summed E-state index contributed by atoms with van der Waals surface area (Å²) in [4.78, 5) is 11.6. The molecule has 0 spiro atoms. The number of hydrogen-bond acceptors (Lipinski definition) is 2. The number of carbonyl (C=O) groups is 1. The molecule has 0 saturated carbocycles. The molecule has 0 bridgehead atoms. The summed E-state index contributed by atoms with van der Waals surface area (Å²) in [5.74, 6) is -0.317. The molecule has 6 heteroatoms. The van der Waals surface area contributed by atoms with Crippen molar-refractivity contribution in [1.82, 2.24) is 10.6 Å². The molecule has 1 unspecified atom stereocenters. The molecule has 94 valence electrons. The molecule has 16 heavy (non-hydrogen) atoms. The highest BCUT2D eigenvalue weighted by molar-refractivity contribution is 5.79. The van der Waals surface area contributed by atoms with Crippen LogP contribution in [0.4, 0.5) is 13.2 Å². The number of hydrogen-bond donors (Lipinski definition) is 2. The van der Waals surface area contributed by atoms with E-state index in [1.165, 1.54) is 6.92 Å². The van der Waals surface area contributed by atoms with Crippen LogP contribution >= 0.6 is 0 Å². The maximum Gasteiger partial charge on any atom is 0.391 e. The summed E-state index contributed by atoms with van der Waals surface area (Å²) in [6.45, 7) is 4.58. The van der Waals surface area contributed by atoms with Crippen molar-refractivity contribution < 1.29 is 18.0 Å². The third-order valence-electron chi connectivity index (χ3n) is 2.78. The molecule has 1 aliphatic rings. The smallest absolute Gasteiger partial charge is 0.353 e. The van der Waals surface area contributed by atoms with Gasteiger partial charge in [0.25, 0.3) is 0 Å². The first kappa shape index (κ1) is 13.3. The summed E-state index contributed by atoms with van der Waals surface area (Å²) in [6, 6.07) is -0.861. The maximum atomic E-state index is 12.0. The Morgan fingerprint density at radius 3 is 2.56 bits per heavy atom. The van der Waals surface area contributed by atoms with Gasteiger partial charge in [0.05, 0.1) is 12.3 Å². The highest BCUT2D eigenvalue weighted by atomic mass is 19.4. The fraction of sp³-hybridized carbons (Fsp3) is 0.900. The number of halogens is 3. The summed E-state index contributed by atoms with van der Waals surface area (Å²) in [5, 5.41) is 5.45. The van der Waals surface area contributed by atoms with E-state index in [0.29, 0.717) is 6.54 Å². The van der Waals surface area contributed by atoms with Gasteiger partial charge in [-0.1, -0.05) is 6.92 Å². The van der Waals surface area contributed by atoms with Crippen molar-refractivity contribution in [3.05, 3.63) is 0 Å². The average Bonchev–Trinajstić information content (AvgIpc) is 2.47. The Labute approximate surface area is 92.8 Å². The quantitative estimate of drug-likeness (QED) is 0.778. The van der Waals surface area contributed by atoms with E-state index in [9.17, 15) is 18.0 Å². The molecule has 1 saturated heterocycles. The minimum absolute atomic E-state index is 0.179. The lowest BCUT2D eigenvalue weighted by atomic mass is 9.97. The lowest BCUT2D eigenvalue weighted by molar-refractivity contribution is -0.142. The van der Waals surface area contributed by atoms with Gasteiger partial charge in [-0.05, 0) is 19.4 Å². The molecule has 3 nitrogen and oxygen atoms in total. The molecule has 1 aliphatic heterocycles. The van der Waals surface area contributed by atoms with Crippen LogP contribution in [-0.2, 0) is 4.79 Å². The molecule has 1 fully saturated rings. The zero-order valence-electron chi connectivity index (χ0n) is 9.40. The zero-order valence-corrected chi connectivity index (χ0v) is 9.40. The van der Waals surface area contributed by atoms with Crippen LogP contribution in [0.5, 0.6) is 0 Å². The SMILES string of the molecule is CC(CC(F)(F)F)NC(=O)[C@@H]1CNC[C@H]1C. The van der Waals surface area contributed by atoms with Crippen LogP contribution in [-0.4, -0.2) is 31.2 Å². The van der Waals surface area contributed by atoms with Crippen molar-refractivity contribution in [2.75, 3.05) is 13.1 Å². The Morgan fingerprint density at radius 1 is 1.50 bits per heavy atom. The van der Waals surface area contributed by atoms with Gasteiger partial charge >= 0.3 is 6.18 Å². The van der Waals surface area contributed by atoms with Gasteiger partial charge in [-0.25, -0.2) is 0 Å². The summed E-state index contributed by atoms with van der Waals surface area (Å²) >= 11 is 0. The van der Waals surface area contributed by atoms with Gasteiger partial charge in [0.1, 0.15) is 0 Å². The second kappa shape index (κ2) is 5.03. The first-order chi connectivity index (χ1) is 7.29. The summed E-state index contributed by atoms with van der Waals surface area (Å²) in [5.41, 5.74) is 0. The van der Waals surface area contributed by atoms with Gasteiger partial charge in [-0.2, -0.15) is 13.2 Å². The molecule has 1 heterocycles. The van der Waals surface area contributed by atoms with Gasteiger partial charge < -0.3 is 10.6 Å². The monoisotopic (exact) mass is 238 g/mol. The van der Waals surface area contributed by atoms with Crippen LogP contribution < -0.4 is 10.6 Å². The second-order valence-electron chi connectivity index (χ2n) is 4.47. The third-order valence-corrected chi connectivity index (χ3v) is 2.78. The Morgan fingerprint density at radius 2 is 2.12 bits per heavy atom. The number of alkyl halides is 3. The van der Waals surface area contributed by atoms with E-state index in [1.807, 2.05) is 6.92 Å². The average molecular weight is 238 g/mol. The van der Waals surface area contributed by atoms with Crippen molar-refractivity contribution in [1.29, 1.82) is 0 Å². The predicted molar refractivity (Wildman–Crippen MR) is 53.8 cm³/mol. The molecular formula is C10H17F3N2O. The molecule has 0 aromatic heterocycles. The van der Waals surface area contributed by atoms with Crippen LogP contribution in [0.2, 0.25) is 0 Å². The van der Waals surface area contributed by atoms with Gasteiger partial charge in [0.2, 0.25) is 5.91 Å². The highest BCUT2D eigenvalue weighted by Crippen LogP contribution is 2.22. The van der Waals surface area contributed by atoms with E-state index in [1.54, 1.807) is 0 Å². The van der Waals surface area contributed by atoms with Crippen molar-refractivity contribution in [3.63, 3.8) is 0 Å². The summed E-state index contributed by atoms with van der Waals surface area (Å²) < 4.78 is 36.1.